The van der Waals surface area contributed by atoms with Gasteiger partial charge in [-0.05, 0) is 53.4 Å². The van der Waals surface area contributed by atoms with E-state index in [0.29, 0.717) is 43.1 Å². The zero-order valence-electron chi connectivity index (χ0n) is 21.5. The summed E-state index contributed by atoms with van der Waals surface area (Å²) in [5.41, 5.74) is 3.06. The van der Waals surface area contributed by atoms with Crippen molar-refractivity contribution in [3.63, 3.8) is 0 Å². The van der Waals surface area contributed by atoms with Crippen LogP contribution in [0.25, 0.3) is 0 Å². The fraction of sp³-hybridized carbons (Fsp3) is 0.310. The molecule has 1 unspecified atom stereocenters. The van der Waals surface area contributed by atoms with Gasteiger partial charge in [-0.25, -0.2) is 9.37 Å². The molecule has 38 heavy (non-hydrogen) atoms. The number of piperazine rings is 1. The zero-order chi connectivity index (χ0) is 27.1. The van der Waals surface area contributed by atoms with E-state index >= 15 is 0 Å². The maximum absolute atomic E-state index is 14.0. The van der Waals surface area contributed by atoms with Gasteiger partial charge in [-0.15, -0.1) is 0 Å². The molecule has 8 nitrogen and oxygen atoms in total. The lowest BCUT2D eigenvalue weighted by atomic mass is 9.96. The molecule has 0 saturated carbocycles. The van der Waals surface area contributed by atoms with Crippen molar-refractivity contribution in [3.8, 4) is 6.07 Å². The number of benzene rings is 2. The van der Waals surface area contributed by atoms with Gasteiger partial charge in [-0.1, -0.05) is 31.2 Å². The molecule has 0 aliphatic carbocycles. The minimum Gasteiger partial charge on any atom is -0.359 e. The monoisotopic (exact) mass is 514 g/mol. The van der Waals surface area contributed by atoms with Gasteiger partial charge in [0.1, 0.15) is 11.6 Å². The SMILES string of the molecule is C[C@H](CNCC(C(=O)Nc1ccc(N2CCN(C)C(=O)C2)cn1)c1cccc(F)c1)c1ccc(C#N)cc1. The average molecular weight is 515 g/mol. The number of anilines is 2. The zero-order valence-corrected chi connectivity index (χ0v) is 21.5. The number of carbonyl (C=O) groups excluding carboxylic acids is 2. The van der Waals surface area contributed by atoms with E-state index in [4.69, 9.17) is 5.26 Å². The summed E-state index contributed by atoms with van der Waals surface area (Å²) >= 11 is 0. The van der Waals surface area contributed by atoms with Crippen molar-refractivity contribution in [2.24, 2.45) is 0 Å². The minimum atomic E-state index is -0.643. The molecule has 9 heteroatoms. The van der Waals surface area contributed by atoms with E-state index in [9.17, 15) is 14.0 Å². The minimum absolute atomic E-state index is 0.0487. The molecule has 3 aromatic rings. The molecule has 1 aromatic heterocycles. The molecule has 1 aliphatic heterocycles. The average Bonchev–Trinajstić information content (AvgIpc) is 2.93. The van der Waals surface area contributed by atoms with Crippen LogP contribution in [0.1, 0.15) is 35.4 Å². The van der Waals surface area contributed by atoms with Crippen LogP contribution in [-0.2, 0) is 9.59 Å². The second-order valence-corrected chi connectivity index (χ2v) is 9.53. The fourth-order valence-corrected chi connectivity index (χ4v) is 4.37. The fourth-order valence-electron chi connectivity index (χ4n) is 4.37. The van der Waals surface area contributed by atoms with Gasteiger partial charge in [0.2, 0.25) is 11.8 Å². The number of likely N-dealkylation sites (N-methyl/N-ethyl adjacent to an activating group) is 1. The highest BCUT2D eigenvalue weighted by Gasteiger charge is 2.23. The van der Waals surface area contributed by atoms with Crippen LogP contribution in [0.5, 0.6) is 0 Å². The topological polar surface area (TPSA) is 101 Å². The summed E-state index contributed by atoms with van der Waals surface area (Å²) in [6, 6.07) is 19.1. The lowest BCUT2D eigenvalue weighted by Gasteiger charge is -2.33. The number of hydrogen-bond acceptors (Lipinski definition) is 6. The summed E-state index contributed by atoms with van der Waals surface area (Å²) in [7, 11) is 1.79. The summed E-state index contributed by atoms with van der Waals surface area (Å²) < 4.78 is 14.0. The Hall–Kier alpha value is -4.29. The Balaban J connectivity index is 1.40. The predicted octanol–water partition coefficient (Wildman–Crippen LogP) is 3.49. The number of nitrogens with zero attached hydrogens (tertiary/aromatic N) is 4. The Labute approximate surface area is 222 Å². The van der Waals surface area contributed by atoms with Gasteiger partial charge in [0.05, 0.1) is 36.0 Å². The van der Waals surface area contributed by atoms with Gasteiger partial charge in [-0.3, -0.25) is 9.59 Å². The summed E-state index contributed by atoms with van der Waals surface area (Å²) in [4.78, 5) is 33.4. The van der Waals surface area contributed by atoms with Crippen molar-refractivity contribution in [3.05, 3.63) is 89.4 Å². The molecule has 2 N–H and O–H groups in total. The van der Waals surface area contributed by atoms with Gasteiger partial charge >= 0.3 is 0 Å². The second-order valence-electron chi connectivity index (χ2n) is 9.53. The maximum Gasteiger partial charge on any atom is 0.241 e. The third kappa shape index (κ3) is 6.72. The molecule has 0 bridgehead atoms. The van der Waals surface area contributed by atoms with Crippen molar-refractivity contribution in [2.75, 3.05) is 50.0 Å². The quantitative estimate of drug-likeness (QED) is 0.453. The van der Waals surface area contributed by atoms with Crippen LogP contribution in [0.2, 0.25) is 0 Å². The Morgan fingerprint density at radius 1 is 1.11 bits per heavy atom. The Morgan fingerprint density at radius 3 is 2.55 bits per heavy atom. The highest BCUT2D eigenvalue weighted by Crippen LogP contribution is 2.22. The van der Waals surface area contributed by atoms with Gasteiger partial charge in [-0.2, -0.15) is 5.26 Å². The van der Waals surface area contributed by atoms with Gasteiger partial charge in [0, 0.05) is 33.2 Å². The van der Waals surface area contributed by atoms with Crippen LogP contribution >= 0.6 is 0 Å². The molecule has 0 radical (unpaired) electrons. The third-order valence-electron chi connectivity index (χ3n) is 6.80. The van der Waals surface area contributed by atoms with E-state index in [1.807, 2.05) is 23.1 Å². The first-order chi connectivity index (χ1) is 18.3. The summed E-state index contributed by atoms with van der Waals surface area (Å²) in [5.74, 6) is -0.774. The molecule has 0 spiro atoms. The van der Waals surface area contributed by atoms with Gasteiger partial charge < -0.3 is 20.4 Å². The van der Waals surface area contributed by atoms with E-state index in [1.165, 1.54) is 12.1 Å². The molecule has 1 fully saturated rings. The molecule has 1 saturated heterocycles. The molecule has 2 heterocycles. The van der Waals surface area contributed by atoms with E-state index in [0.717, 1.165) is 11.3 Å². The lowest BCUT2D eigenvalue weighted by molar-refractivity contribution is -0.129. The number of nitriles is 1. The first kappa shape index (κ1) is 26.8. The molecule has 1 aliphatic rings. The van der Waals surface area contributed by atoms with Crippen LogP contribution in [0.3, 0.4) is 0 Å². The molecule has 2 aromatic carbocycles. The van der Waals surface area contributed by atoms with Crippen molar-refractivity contribution < 1.29 is 14.0 Å². The highest BCUT2D eigenvalue weighted by molar-refractivity contribution is 5.95. The van der Waals surface area contributed by atoms with Crippen LogP contribution in [0, 0.1) is 17.1 Å². The standard InChI is InChI=1S/C29H31FN6O2/c1-20(22-8-6-21(15-31)7-9-22)16-32-18-26(23-4-3-5-24(30)14-23)29(38)34-27-11-10-25(17-33-27)36-13-12-35(2)28(37)19-36/h3-11,14,17,20,26,32H,12-13,16,18-19H2,1-2H3,(H,33,34,38)/t20-,26?/m1/s1. The molecular formula is C29H31FN6O2. The number of amides is 2. The summed E-state index contributed by atoms with van der Waals surface area (Å²) in [6.07, 6.45) is 1.64. The first-order valence-electron chi connectivity index (χ1n) is 12.6. The largest absolute Gasteiger partial charge is 0.359 e. The van der Waals surface area contributed by atoms with E-state index in [2.05, 4.69) is 28.6 Å². The summed E-state index contributed by atoms with van der Waals surface area (Å²) in [6.45, 7) is 4.61. The van der Waals surface area contributed by atoms with E-state index < -0.39 is 11.7 Å². The number of hydrogen-bond donors (Lipinski definition) is 2. The number of carbonyl (C=O) groups is 2. The van der Waals surface area contributed by atoms with Crippen molar-refractivity contribution in [1.29, 1.82) is 5.26 Å². The number of halogens is 1. The van der Waals surface area contributed by atoms with Crippen molar-refractivity contribution in [1.82, 2.24) is 15.2 Å². The first-order valence-corrected chi connectivity index (χ1v) is 12.6. The van der Waals surface area contributed by atoms with E-state index in [1.54, 1.807) is 48.5 Å². The summed E-state index contributed by atoms with van der Waals surface area (Å²) in [5, 5.41) is 15.2. The number of aromatic nitrogens is 1. The maximum atomic E-state index is 14.0. The van der Waals surface area contributed by atoms with Gasteiger partial charge in [0.25, 0.3) is 0 Å². The number of pyridine rings is 1. The van der Waals surface area contributed by atoms with Crippen LogP contribution in [0.4, 0.5) is 15.9 Å². The van der Waals surface area contributed by atoms with Crippen molar-refractivity contribution >= 4 is 23.3 Å². The molecule has 2 amide bonds. The lowest BCUT2D eigenvalue weighted by Crippen LogP contribution is -2.48. The normalized spacial score (nSPS) is 15.1. The highest BCUT2D eigenvalue weighted by atomic mass is 19.1. The number of nitrogens with one attached hydrogen (secondary N) is 2. The molecule has 196 valence electrons. The smallest absolute Gasteiger partial charge is 0.241 e. The van der Waals surface area contributed by atoms with Crippen LogP contribution in [-0.4, -0.2) is 61.5 Å². The second kappa shape index (κ2) is 12.3. The molecule has 4 rings (SSSR count). The predicted molar refractivity (Wildman–Crippen MR) is 144 cm³/mol. The van der Waals surface area contributed by atoms with Crippen molar-refractivity contribution in [2.45, 2.75) is 18.8 Å². The van der Waals surface area contributed by atoms with E-state index in [-0.39, 0.29) is 24.3 Å². The Morgan fingerprint density at radius 2 is 1.89 bits per heavy atom. The molecular weight excluding hydrogens is 483 g/mol. The van der Waals surface area contributed by atoms with Crippen LogP contribution < -0.4 is 15.5 Å². The molecule has 2 atom stereocenters. The Kier molecular flexibility index (Phi) is 8.66. The third-order valence-corrected chi connectivity index (χ3v) is 6.80. The van der Waals surface area contributed by atoms with Crippen LogP contribution in [0.15, 0.2) is 66.9 Å². The Bertz CT molecular complexity index is 1310. The van der Waals surface area contributed by atoms with Gasteiger partial charge in [0.15, 0.2) is 0 Å². The number of rotatable bonds is 9.